The van der Waals surface area contributed by atoms with E-state index in [4.69, 9.17) is 20.8 Å². The molecule has 2 aromatic carbocycles. The van der Waals surface area contributed by atoms with Crippen molar-refractivity contribution in [2.45, 2.75) is 13.0 Å². The van der Waals surface area contributed by atoms with Gasteiger partial charge in [0.1, 0.15) is 23.3 Å². The van der Waals surface area contributed by atoms with Crippen molar-refractivity contribution in [3.05, 3.63) is 82.8 Å². The second kappa shape index (κ2) is 8.38. The lowest BCUT2D eigenvalue weighted by Crippen LogP contribution is -2.29. The molecule has 2 aromatic heterocycles. The Bertz CT molecular complexity index is 1410. The molecule has 1 atom stereocenters. The predicted molar refractivity (Wildman–Crippen MR) is 126 cm³/mol. The summed E-state index contributed by atoms with van der Waals surface area (Å²) in [6, 6.07) is 14.2. The topological polar surface area (TPSA) is 92.9 Å². The number of carbonyl (C=O) groups excluding carboxylic acids is 2. The van der Waals surface area contributed by atoms with Crippen LogP contribution >= 0.6 is 22.9 Å². The van der Waals surface area contributed by atoms with Crippen LogP contribution < -0.4 is 9.64 Å². The van der Waals surface area contributed by atoms with Crippen molar-refractivity contribution in [1.82, 2.24) is 4.98 Å². The third-order valence-electron chi connectivity index (χ3n) is 5.22. The van der Waals surface area contributed by atoms with E-state index in [9.17, 15) is 14.7 Å². The van der Waals surface area contributed by atoms with E-state index in [1.165, 1.54) is 22.5 Å². The molecule has 9 heteroatoms. The number of anilines is 1. The summed E-state index contributed by atoms with van der Waals surface area (Å²) in [5, 5.41) is 12.0. The summed E-state index contributed by atoms with van der Waals surface area (Å²) in [4.78, 5) is 32.1. The number of thiazole rings is 1. The Balaban J connectivity index is 1.68. The first-order valence-corrected chi connectivity index (χ1v) is 11.3. The lowest BCUT2D eigenvalue weighted by atomic mass is 9.99. The van der Waals surface area contributed by atoms with E-state index >= 15 is 0 Å². The Morgan fingerprint density at radius 2 is 2.06 bits per heavy atom. The lowest BCUT2D eigenvalue weighted by molar-refractivity contribution is -0.132. The number of fused-ring (bicyclic) bond motifs is 1. The highest BCUT2D eigenvalue weighted by Gasteiger charge is 2.49. The largest absolute Gasteiger partial charge is 0.507 e. The Morgan fingerprint density at radius 1 is 1.21 bits per heavy atom. The number of aromatic nitrogens is 1. The standard InChI is InChI=1S/C24H17ClN2O5S/c1-2-31-15-6-3-5-13(11-15)21(28)19-20(17-7-4-10-32-17)27(23(30)22(19)29)24-26-16-9-8-14(25)12-18(16)33-24/h3-12,20,28H,2H2,1H3. The van der Waals surface area contributed by atoms with Crippen molar-refractivity contribution in [3.63, 3.8) is 0 Å². The summed E-state index contributed by atoms with van der Waals surface area (Å²) in [6.45, 7) is 2.29. The smallest absolute Gasteiger partial charge is 0.302 e. The van der Waals surface area contributed by atoms with Crippen LogP contribution in [0.15, 0.2) is 70.9 Å². The van der Waals surface area contributed by atoms with Crippen LogP contribution in [0.5, 0.6) is 5.75 Å². The van der Waals surface area contributed by atoms with E-state index in [1.54, 1.807) is 54.6 Å². The Kier molecular flexibility index (Phi) is 5.39. The zero-order chi connectivity index (χ0) is 23.1. The molecule has 7 nitrogen and oxygen atoms in total. The number of rotatable bonds is 5. The minimum Gasteiger partial charge on any atom is -0.507 e. The van der Waals surface area contributed by atoms with Crippen molar-refractivity contribution in [1.29, 1.82) is 0 Å². The zero-order valence-corrected chi connectivity index (χ0v) is 18.9. The fraction of sp³-hybridized carbons (Fsp3) is 0.125. The number of Topliss-reactive ketones (excluding diaryl/α,β-unsaturated/α-hetero) is 1. The summed E-state index contributed by atoms with van der Waals surface area (Å²) in [6.07, 6.45) is 1.45. The van der Waals surface area contributed by atoms with Crippen molar-refractivity contribution in [2.75, 3.05) is 11.5 Å². The molecule has 5 rings (SSSR count). The number of nitrogens with zero attached hydrogens (tertiary/aromatic N) is 2. The number of aliphatic hydroxyl groups is 1. The molecular weight excluding hydrogens is 464 g/mol. The second-order valence-electron chi connectivity index (χ2n) is 7.25. The van der Waals surface area contributed by atoms with Gasteiger partial charge in [-0.05, 0) is 49.4 Å². The average molecular weight is 481 g/mol. The number of ether oxygens (including phenoxy) is 1. The van der Waals surface area contributed by atoms with Crippen molar-refractivity contribution in [3.8, 4) is 5.75 Å². The van der Waals surface area contributed by atoms with E-state index in [-0.39, 0.29) is 11.3 Å². The van der Waals surface area contributed by atoms with Gasteiger partial charge in [0.05, 0.1) is 28.7 Å². The van der Waals surface area contributed by atoms with Crippen LogP contribution in [0.4, 0.5) is 5.13 Å². The minimum absolute atomic E-state index is 0.0825. The minimum atomic E-state index is -0.980. The van der Waals surface area contributed by atoms with Crippen molar-refractivity contribution < 1.29 is 23.8 Å². The van der Waals surface area contributed by atoms with Gasteiger partial charge in [-0.15, -0.1) is 0 Å². The predicted octanol–water partition coefficient (Wildman–Crippen LogP) is 5.57. The van der Waals surface area contributed by atoms with Crippen LogP contribution in [-0.2, 0) is 9.59 Å². The number of amides is 1. The molecule has 4 aromatic rings. The number of hydrogen-bond donors (Lipinski definition) is 1. The molecule has 1 fully saturated rings. The van der Waals surface area contributed by atoms with Crippen molar-refractivity contribution >= 4 is 55.7 Å². The number of hydrogen-bond acceptors (Lipinski definition) is 7. The monoisotopic (exact) mass is 480 g/mol. The SMILES string of the molecule is CCOc1cccc(C(O)=C2C(=O)C(=O)N(c3nc4ccc(Cl)cc4s3)C2c2ccco2)c1. The van der Waals surface area contributed by atoms with Gasteiger partial charge in [-0.1, -0.05) is 35.1 Å². The van der Waals surface area contributed by atoms with Gasteiger partial charge >= 0.3 is 5.91 Å². The summed E-state index contributed by atoms with van der Waals surface area (Å²) < 4.78 is 11.8. The maximum absolute atomic E-state index is 13.2. The Labute approximate surface area is 197 Å². The molecule has 0 radical (unpaired) electrons. The normalized spacial score (nSPS) is 17.8. The summed E-state index contributed by atoms with van der Waals surface area (Å²) >= 11 is 7.32. The summed E-state index contributed by atoms with van der Waals surface area (Å²) in [7, 11) is 0. The van der Waals surface area contributed by atoms with Gasteiger partial charge in [0, 0.05) is 10.6 Å². The average Bonchev–Trinajstić information content (AvgIpc) is 3.52. The van der Waals surface area contributed by atoms with Crippen LogP contribution in [-0.4, -0.2) is 28.4 Å². The zero-order valence-electron chi connectivity index (χ0n) is 17.3. The van der Waals surface area contributed by atoms with E-state index in [1.807, 2.05) is 6.92 Å². The number of carbonyl (C=O) groups is 2. The van der Waals surface area contributed by atoms with E-state index in [0.29, 0.717) is 39.4 Å². The second-order valence-corrected chi connectivity index (χ2v) is 8.70. The molecule has 1 saturated heterocycles. The molecule has 1 N–H and O–H groups in total. The third kappa shape index (κ3) is 3.67. The van der Waals surface area contributed by atoms with Gasteiger partial charge in [0.25, 0.3) is 5.78 Å². The number of halogens is 1. The van der Waals surface area contributed by atoms with Crippen LogP contribution in [0, 0.1) is 0 Å². The number of ketones is 1. The molecule has 1 aliphatic heterocycles. The van der Waals surface area contributed by atoms with Gasteiger partial charge in [0.15, 0.2) is 5.13 Å². The molecule has 166 valence electrons. The first-order chi connectivity index (χ1) is 16.0. The highest BCUT2D eigenvalue weighted by Crippen LogP contribution is 2.44. The van der Waals surface area contributed by atoms with Gasteiger partial charge in [-0.3, -0.25) is 14.5 Å². The Hall–Kier alpha value is -3.62. The lowest BCUT2D eigenvalue weighted by Gasteiger charge is -2.20. The highest BCUT2D eigenvalue weighted by atomic mass is 35.5. The Morgan fingerprint density at radius 3 is 2.82 bits per heavy atom. The molecule has 3 heterocycles. The van der Waals surface area contributed by atoms with E-state index in [2.05, 4.69) is 4.98 Å². The highest BCUT2D eigenvalue weighted by molar-refractivity contribution is 7.22. The van der Waals surface area contributed by atoms with Gasteiger partial charge in [-0.25, -0.2) is 4.98 Å². The fourth-order valence-electron chi connectivity index (χ4n) is 3.79. The summed E-state index contributed by atoms with van der Waals surface area (Å²) in [5.41, 5.74) is 0.913. The first kappa shape index (κ1) is 21.2. The molecule has 1 aliphatic rings. The van der Waals surface area contributed by atoms with Gasteiger partial charge in [0.2, 0.25) is 0 Å². The number of furan rings is 1. The quantitative estimate of drug-likeness (QED) is 0.228. The van der Waals surface area contributed by atoms with Gasteiger partial charge in [-0.2, -0.15) is 0 Å². The molecule has 0 spiro atoms. The fourth-order valence-corrected chi connectivity index (χ4v) is 5.06. The molecule has 0 bridgehead atoms. The van der Waals surface area contributed by atoms with Crippen molar-refractivity contribution in [2.24, 2.45) is 0 Å². The summed E-state index contributed by atoms with van der Waals surface area (Å²) in [5.74, 6) is -1.08. The van der Waals surface area contributed by atoms with E-state index in [0.717, 1.165) is 4.70 Å². The number of aliphatic hydroxyl groups excluding tert-OH is 1. The first-order valence-electron chi connectivity index (χ1n) is 10.1. The molecular formula is C24H17ClN2O5S. The van der Waals surface area contributed by atoms with Crippen LogP contribution in [0.2, 0.25) is 5.02 Å². The maximum atomic E-state index is 13.2. The van der Waals surface area contributed by atoms with Crippen LogP contribution in [0.25, 0.3) is 16.0 Å². The van der Waals surface area contributed by atoms with E-state index < -0.39 is 17.7 Å². The van der Waals surface area contributed by atoms with Crippen LogP contribution in [0.1, 0.15) is 24.3 Å². The molecule has 1 unspecified atom stereocenters. The van der Waals surface area contributed by atoms with Crippen LogP contribution in [0.3, 0.4) is 0 Å². The molecule has 1 amide bonds. The van der Waals surface area contributed by atoms with Gasteiger partial charge < -0.3 is 14.3 Å². The number of benzene rings is 2. The molecule has 33 heavy (non-hydrogen) atoms. The third-order valence-corrected chi connectivity index (χ3v) is 6.47. The molecule has 0 saturated carbocycles. The maximum Gasteiger partial charge on any atom is 0.302 e. The molecule has 0 aliphatic carbocycles.